The van der Waals surface area contributed by atoms with Crippen molar-refractivity contribution in [1.82, 2.24) is 20.3 Å². The van der Waals surface area contributed by atoms with E-state index < -0.39 is 0 Å². The van der Waals surface area contributed by atoms with Crippen molar-refractivity contribution in [3.05, 3.63) is 101 Å². The average Bonchev–Trinajstić information content (AvgIpc) is 3.01. The summed E-state index contributed by atoms with van der Waals surface area (Å²) >= 11 is 0. The molecule has 3 aromatic carbocycles. The predicted octanol–water partition coefficient (Wildman–Crippen LogP) is 3.70. The molecule has 11 nitrogen and oxygen atoms in total. The van der Waals surface area contributed by atoms with Crippen molar-refractivity contribution in [3.8, 4) is 0 Å². The number of hydrogen-bond acceptors (Lipinski definition) is 10. The molecule has 0 aliphatic heterocycles. The highest BCUT2D eigenvalue weighted by molar-refractivity contribution is 5.95. The van der Waals surface area contributed by atoms with Crippen LogP contribution < -0.4 is 27.0 Å². The van der Waals surface area contributed by atoms with Gasteiger partial charge in [0.2, 0.25) is 17.8 Å². The van der Waals surface area contributed by atoms with Gasteiger partial charge in [0.25, 0.3) is 5.91 Å². The van der Waals surface area contributed by atoms with Crippen LogP contribution in [0.1, 0.15) is 21.5 Å². The van der Waals surface area contributed by atoms with Gasteiger partial charge in [0.1, 0.15) is 5.82 Å². The third kappa shape index (κ3) is 10.4. The van der Waals surface area contributed by atoms with E-state index in [-0.39, 0.29) is 17.7 Å². The Kier molecular flexibility index (Phi) is 12.0. The normalized spacial score (nSPS) is 10.7. The Morgan fingerprint density at radius 3 is 2.14 bits per heavy atom. The van der Waals surface area contributed by atoms with E-state index in [1.54, 1.807) is 24.3 Å². The van der Waals surface area contributed by atoms with Crippen molar-refractivity contribution in [2.75, 3.05) is 55.5 Å². The standard InChI is InChI=1S/C30H35FN8O3/c31-25-10-4-8-23(18-25)21-35-29-37-28(34-20-22-6-2-1-3-7-22)38-30(39-29)36-26-11-5-9-24(19-26)27(40)33-13-15-42-17-16-41-14-12-32/h1-11,18-19H,12-17,20-21,32H2,(H,33,40)(H3,34,35,36,37,38,39). The molecule has 0 aliphatic rings. The molecule has 0 spiro atoms. The topological polar surface area (TPSA) is 148 Å². The number of aromatic nitrogens is 3. The maximum Gasteiger partial charge on any atom is 0.251 e. The second-order valence-electron chi connectivity index (χ2n) is 9.10. The van der Waals surface area contributed by atoms with Crippen LogP contribution in [-0.4, -0.2) is 60.4 Å². The molecule has 12 heteroatoms. The number of benzene rings is 3. The highest BCUT2D eigenvalue weighted by Crippen LogP contribution is 2.18. The maximum absolute atomic E-state index is 13.6. The fourth-order valence-corrected chi connectivity index (χ4v) is 3.81. The lowest BCUT2D eigenvalue weighted by molar-refractivity contribution is 0.0511. The molecule has 0 fully saturated rings. The molecular formula is C30H35FN8O3. The second kappa shape index (κ2) is 16.6. The number of carbonyl (C=O) groups is 1. The molecule has 0 aliphatic carbocycles. The lowest BCUT2D eigenvalue weighted by atomic mass is 10.2. The lowest BCUT2D eigenvalue weighted by Gasteiger charge is -2.12. The number of halogens is 1. The van der Waals surface area contributed by atoms with Gasteiger partial charge in [0, 0.05) is 37.4 Å². The van der Waals surface area contributed by atoms with E-state index in [9.17, 15) is 9.18 Å². The molecule has 4 rings (SSSR count). The number of ether oxygens (including phenoxy) is 2. The van der Waals surface area contributed by atoms with Crippen LogP contribution in [-0.2, 0) is 22.6 Å². The molecule has 1 aromatic heterocycles. The molecule has 0 saturated heterocycles. The van der Waals surface area contributed by atoms with E-state index in [4.69, 9.17) is 15.2 Å². The van der Waals surface area contributed by atoms with Crippen LogP contribution in [0, 0.1) is 5.82 Å². The van der Waals surface area contributed by atoms with E-state index in [1.807, 2.05) is 42.5 Å². The van der Waals surface area contributed by atoms with Crippen LogP contribution in [0.4, 0.5) is 27.9 Å². The van der Waals surface area contributed by atoms with Gasteiger partial charge in [-0.2, -0.15) is 15.0 Å². The van der Waals surface area contributed by atoms with Crippen LogP contribution >= 0.6 is 0 Å². The van der Waals surface area contributed by atoms with Gasteiger partial charge in [-0.15, -0.1) is 0 Å². The van der Waals surface area contributed by atoms with Crippen molar-refractivity contribution in [2.45, 2.75) is 13.1 Å². The van der Waals surface area contributed by atoms with Crippen LogP contribution in [0.5, 0.6) is 0 Å². The summed E-state index contributed by atoms with van der Waals surface area (Å²) in [5.74, 6) is 0.363. The minimum absolute atomic E-state index is 0.236. The van der Waals surface area contributed by atoms with Gasteiger partial charge in [-0.25, -0.2) is 4.39 Å². The summed E-state index contributed by atoms with van der Waals surface area (Å²) in [4.78, 5) is 26.1. The van der Waals surface area contributed by atoms with Crippen LogP contribution in [0.3, 0.4) is 0 Å². The SMILES string of the molecule is NCCOCCOCCNC(=O)c1cccc(Nc2nc(NCc3ccccc3)nc(NCc3cccc(F)c3)n2)c1. The largest absolute Gasteiger partial charge is 0.378 e. The third-order valence-corrected chi connectivity index (χ3v) is 5.82. The minimum atomic E-state index is -0.318. The lowest BCUT2D eigenvalue weighted by Crippen LogP contribution is -2.27. The first-order chi connectivity index (χ1) is 20.6. The number of amides is 1. The maximum atomic E-state index is 13.6. The summed E-state index contributed by atoms with van der Waals surface area (Å²) in [6.07, 6.45) is 0. The number of hydrogen-bond donors (Lipinski definition) is 5. The highest BCUT2D eigenvalue weighted by atomic mass is 19.1. The van der Waals surface area contributed by atoms with Crippen LogP contribution in [0.25, 0.3) is 0 Å². The Balaban J connectivity index is 1.39. The molecule has 0 bridgehead atoms. The quantitative estimate of drug-likeness (QED) is 0.118. The van der Waals surface area contributed by atoms with Crippen molar-refractivity contribution >= 4 is 29.4 Å². The first-order valence-corrected chi connectivity index (χ1v) is 13.6. The Morgan fingerprint density at radius 1 is 0.738 bits per heavy atom. The monoisotopic (exact) mass is 574 g/mol. The summed E-state index contributed by atoms with van der Waals surface area (Å²) < 4.78 is 24.3. The van der Waals surface area contributed by atoms with E-state index >= 15 is 0 Å². The number of anilines is 4. The van der Waals surface area contributed by atoms with Gasteiger partial charge < -0.3 is 36.5 Å². The number of nitrogens with two attached hydrogens (primary N) is 1. The number of nitrogens with one attached hydrogen (secondary N) is 4. The molecular weight excluding hydrogens is 539 g/mol. The first kappa shape index (κ1) is 30.3. The second-order valence-corrected chi connectivity index (χ2v) is 9.10. The van der Waals surface area contributed by atoms with Crippen molar-refractivity contribution in [1.29, 1.82) is 0 Å². The summed E-state index contributed by atoms with van der Waals surface area (Å²) in [6.45, 7) is 3.41. The Hall–Kier alpha value is -4.65. The van der Waals surface area contributed by atoms with Gasteiger partial charge in [0.15, 0.2) is 0 Å². The number of rotatable bonds is 17. The molecule has 0 atom stereocenters. The number of nitrogens with zero attached hydrogens (tertiary/aromatic N) is 3. The summed E-state index contributed by atoms with van der Waals surface area (Å²) in [5.41, 5.74) is 8.26. The zero-order chi connectivity index (χ0) is 29.4. The van der Waals surface area contributed by atoms with Gasteiger partial charge in [-0.1, -0.05) is 48.5 Å². The van der Waals surface area contributed by atoms with Gasteiger partial charge in [0.05, 0.1) is 26.4 Å². The molecule has 0 saturated carbocycles. The van der Waals surface area contributed by atoms with Crippen molar-refractivity contribution < 1.29 is 18.7 Å². The number of carbonyl (C=O) groups excluding carboxylic acids is 1. The van der Waals surface area contributed by atoms with Crippen molar-refractivity contribution in [2.24, 2.45) is 5.73 Å². The molecule has 0 unspecified atom stereocenters. The first-order valence-electron chi connectivity index (χ1n) is 13.6. The zero-order valence-corrected chi connectivity index (χ0v) is 23.2. The molecule has 6 N–H and O–H groups in total. The Labute approximate surface area is 244 Å². The van der Waals surface area contributed by atoms with E-state index in [0.717, 1.165) is 11.1 Å². The van der Waals surface area contributed by atoms with Gasteiger partial charge >= 0.3 is 0 Å². The Bertz CT molecular complexity index is 1410. The summed E-state index contributed by atoms with van der Waals surface area (Å²) in [5, 5.41) is 12.3. The van der Waals surface area contributed by atoms with Crippen LogP contribution in [0.15, 0.2) is 78.9 Å². The van der Waals surface area contributed by atoms with Gasteiger partial charge in [-0.3, -0.25) is 4.79 Å². The molecule has 42 heavy (non-hydrogen) atoms. The predicted molar refractivity (Wildman–Crippen MR) is 160 cm³/mol. The Morgan fingerprint density at radius 2 is 1.40 bits per heavy atom. The molecule has 1 heterocycles. The summed E-state index contributed by atoms with van der Waals surface area (Å²) in [7, 11) is 0. The van der Waals surface area contributed by atoms with Crippen LogP contribution in [0.2, 0.25) is 0 Å². The minimum Gasteiger partial charge on any atom is -0.378 e. The van der Waals surface area contributed by atoms with Gasteiger partial charge in [-0.05, 0) is 41.5 Å². The van der Waals surface area contributed by atoms with E-state index in [2.05, 4.69) is 36.2 Å². The van der Waals surface area contributed by atoms with E-state index in [0.29, 0.717) is 75.8 Å². The zero-order valence-electron chi connectivity index (χ0n) is 23.2. The smallest absolute Gasteiger partial charge is 0.251 e. The molecule has 0 radical (unpaired) electrons. The van der Waals surface area contributed by atoms with Crippen molar-refractivity contribution in [3.63, 3.8) is 0 Å². The molecule has 220 valence electrons. The third-order valence-electron chi connectivity index (χ3n) is 5.82. The average molecular weight is 575 g/mol. The fraction of sp³-hybridized carbons (Fsp3) is 0.267. The molecule has 1 amide bonds. The highest BCUT2D eigenvalue weighted by Gasteiger charge is 2.10. The molecule has 4 aromatic rings. The van der Waals surface area contributed by atoms with E-state index in [1.165, 1.54) is 12.1 Å². The fourth-order valence-electron chi connectivity index (χ4n) is 3.81. The summed E-state index contributed by atoms with van der Waals surface area (Å²) in [6, 6.07) is 23.2.